The first-order valence-electron chi connectivity index (χ1n) is 11.2. The summed E-state index contributed by atoms with van der Waals surface area (Å²) in [6.07, 6.45) is 0. The summed E-state index contributed by atoms with van der Waals surface area (Å²) in [6.45, 7) is 1.80. The van der Waals surface area contributed by atoms with Gasteiger partial charge in [-0.25, -0.2) is 8.78 Å². The third-order valence-electron chi connectivity index (χ3n) is 5.70. The summed E-state index contributed by atoms with van der Waals surface area (Å²) in [6, 6.07) is 9.52. The first kappa shape index (κ1) is 31.5. The molecule has 0 heterocycles. The van der Waals surface area contributed by atoms with Gasteiger partial charge in [-0.05, 0) is 37.3 Å². The van der Waals surface area contributed by atoms with Crippen LogP contribution in [0.4, 0.5) is 37.2 Å². The summed E-state index contributed by atoms with van der Waals surface area (Å²) in [7, 11) is -16.5. The van der Waals surface area contributed by atoms with Gasteiger partial charge in [-0.2, -0.15) is 30.4 Å². The lowest BCUT2D eigenvalue weighted by atomic mass is 10.1. The highest BCUT2D eigenvalue weighted by molar-refractivity contribution is 7.87. The molecule has 20 heteroatoms. The van der Waals surface area contributed by atoms with Crippen molar-refractivity contribution in [3.63, 3.8) is 0 Å². The van der Waals surface area contributed by atoms with Crippen molar-refractivity contribution in [3.8, 4) is 5.75 Å². The van der Waals surface area contributed by atoms with Crippen LogP contribution in [0.3, 0.4) is 0 Å². The van der Waals surface area contributed by atoms with E-state index >= 15 is 0 Å². The van der Waals surface area contributed by atoms with Gasteiger partial charge in [-0.3, -0.25) is 13.7 Å². The van der Waals surface area contributed by atoms with Crippen LogP contribution in [0.2, 0.25) is 0 Å². The van der Waals surface area contributed by atoms with E-state index in [4.69, 9.17) is 10.3 Å². The molecule has 4 rings (SSSR count). The van der Waals surface area contributed by atoms with Crippen LogP contribution in [0.5, 0.6) is 5.75 Å². The average Bonchev–Trinajstić information content (AvgIpc) is 2.85. The number of halogens is 2. The fourth-order valence-electron chi connectivity index (χ4n) is 3.78. The molecule has 0 aromatic heterocycles. The Hall–Kier alpha value is -4.47. The van der Waals surface area contributed by atoms with Crippen molar-refractivity contribution < 1.29 is 52.8 Å². The normalized spacial score (nSPS) is 13.0. The van der Waals surface area contributed by atoms with E-state index in [0.717, 1.165) is 17.7 Å². The number of nitrogens with two attached hydrogens (primary N) is 1. The number of benzene rings is 4. The maximum Gasteiger partial charge on any atom is 0.300 e. The number of fused-ring (bicyclic) bond motifs is 1. The third kappa shape index (κ3) is 6.33. The van der Waals surface area contributed by atoms with Crippen molar-refractivity contribution in [2.24, 2.45) is 20.5 Å². The van der Waals surface area contributed by atoms with Gasteiger partial charge >= 0.3 is 0 Å². The maximum absolute atomic E-state index is 14.7. The molecule has 0 unspecified atom stereocenters. The molecule has 0 spiro atoms. The van der Waals surface area contributed by atoms with E-state index in [1.165, 1.54) is 18.2 Å². The minimum atomic E-state index is -5.67. The quantitative estimate of drug-likeness (QED) is 0.0969. The molecule has 4 aromatic carbocycles. The average molecular weight is 658 g/mol. The van der Waals surface area contributed by atoms with Crippen molar-refractivity contribution in [3.05, 3.63) is 65.7 Å². The Morgan fingerprint density at radius 2 is 1.28 bits per heavy atom. The second-order valence-corrected chi connectivity index (χ2v) is 12.8. The van der Waals surface area contributed by atoms with E-state index in [9.17, 15) is 48.2 Å². The topological polar surface area (TPSA) is 259 Å². The highest BCUT2D eigenvalue weighted by atomic mass is 32.2. The summed E-state index contributed by atoms with van der Waals surface area (Å²) >= 11 is 0. The molecule has 0 aliphatic heterocycles. The van der Waals surface area contributed by atoms with Crippen molar-refractivity contribution in [2.45, 2.75) is 21.6 Å². The summed E-state index contributed by atoms with van der Waals surface area (Å²) < 4.78 is 128. The number of phenolic OH excluding ortho intramolecular Hbond substituents is 1. The molecule has 15 nitrogen and oxygen atoms in total. The minimum absolute atomic E-state index is 0.0186. The number of anilines is 1. The number of aryl methyl sites for hydroxylation is 1. The lowest BCUT2D eigenvalue weighted by Gasteiger charge is -2.12. The molecule has 0 atom stereocenters. The lowest BCUT2D eigenvalue weighted by molar-refractivity contribution is 0.443. The van der Waals surface area contributed by atoms with Gasteiger partial charge < -0.3 is 10.8 Å². The number of phenols is 1. The molecule has 0 aliphatic rings. The van der Waals surface area contributed by atoms with Gasteiger partial charge in [0.25, 0.3) is 30.4 Å². The van der Waals surface area contributed by atoms with E-state index in [1.807, 2.05) is 0 Å². The number of nitrogens with zero attached hydrogens (tertiary/aromatic N) is 4. The molecular weight excluding hydrogens is 640 g/mol. The largest absolute Gasteiger partial charge is 0.505 e. The van der Waals surface area contributed by atoms with Crippen LogP contribution in [0.25, 0.3) is 10.8 Å². The van der Waals surface area contributed by atoms with Crippen molar-refractivity contribution in [2.75, 3.05) is 5.73 Å². The van der Waals surface area contributed by atoms with E-state index in [0.29, 0.717) is 0 Å². The van der Waals surface area contributed by atoms with Crippen LogP contribution in [0.1, 0.15) is 5.56 Å². The summed E-state index contributed by atoms with van der Waals surface area (Å²) in [4.78, 5) is -4.97. The minimum Gasteiger partial charge on any atom is -0.505 e. The smallest absolute Gasteiger partial charge is 0.300 e. The van der Waals surface area contributed by atoms with Crippen LogP contribution in [0, 0.1) is 18.6 Å². The van der Waals surface area contributed by atoms with Gasteiger partial charge in [0.1, 0.15) is 27.8 Å². The molecule has 0 saturated carbocycles. The summed E-state index contributed by atoms with van der Waals surface area (Å²) in [5.41, 5.74) is 4.17. The van der Waals surface area contributed by atoms with E-state index in [1.54, 1.807) is 19.1 Å². The van der Waals surface area contributed by atoms with Crippen LogP contribution in [-0.4, -0.2) is 44.0 Å². The molecule has 43 heavy (non-hydrogen) atoms. The number of hydrogen-bond acceptors (Lipinski definition) is 12. The molecule has 4 aromatic rings. The van der Waals surface area contributed by atoms with E-state index in [-0.39, 0.29) is 28.2 Å². The number of azo groups is 2. The first-order valence-corrected chi connectivity index (χ1v) is 15.6. The standard InChI is InChI=1S/C23H17F2N5O10S3/c1-10-2-4-11(5-3-10)27-30-20-17(41(32,33)34)8-13-12(21(20)31)6-7-15(26)19(13)29-28-16-9-14(24)22(42(35,36)37)18(25)23(16)43(38,39)40/h2-9,31H,26H2,1H3,(H,32,33,34)(H,35,36,37)(H,38,39,40). The van der Waals surface area contributed by atoms with Gasteiger partial charge in [-0.15, -0.1) is 15.3 Å². The predicted octanol–water partition coefficient (Wildman–Crippen LogP) is 5.29. The predicted molar refractivity (Wildman–Crippen MR) is 145 cm³/mol. The van der Waals surface area contributed by atoms with Gasteiger partial charge in [0, 0.05) is 16.8 Å². The number of nitrogen functional groups attached to an aromatic ring is 1. The molecule has 0 saturated heterocycles. The van der Waals surface area contributed by atoms with Gasteiger partial charge in [0.05, 0.1) is 11.4 Å². The zero-order chi connectivity index (χ0) is 32.1. The molecule has 0 aliphatic carbocycles. The SMILES string of the molecule is Cc1ccc(N=Nc2c(S(=O)(=O)O)cc3c(N=Nc4cc(F)c(S(=O)(=O)O)c(F)c4S(=O)(=O)O)c(N)ccc3c2O)cc1. The van der Waals surface area contributed by atoms with Gasteiger partial charge in [-0.1, -0.05) is 17.7 Å². The molecule has 0 amide bonds. The molecule has 226 valence electrons. The Bertz CT molecular complexity index is 2210. The molecule has 6 N–H and O–H groups in total. The highest BCUT2D eigenvalue weighted by Gasteiger charge is 2.33. The zero-order valence-electron chi connectivity index (χ0n) is 21.2. The van der Waals surface area contributed by atoms with Crippen molar-refractivity contribution in [1.29, 1.82) is 0 Å². The summed E-state index contributed by atoms with van der Waals surface area (Å²) in [5.74, 6) is -5.27. The number of aromatic hydroxyl groups is 1. The second kappa shape index (κ2) is 11.0. The zero-order valence-corrected chi connectivity index (χ0v) is 23.7. The monoisotopic (exact) mass is 657 g/mol. The number of rotatable bonds is 7. The molecule has 0 bridgehead atoms. The van der Waals surface area contributed by atoms with Crippen LogP contribution < -0.4 is 5.73 Å². The molecular formula is C23H17F2N5O10S3. The van der Waals surface area contributed by atoms with E-state index < -0.39 is 79.5 Å². The van der Waals surface area contributed by atoms with Crippen LogP contribution in [0.15, 0.2) is 83.7 Å². The van der Waals surface area contributed by atoms with Gasteiger partial charge in [0.15, 0.2) is 21.4 Å². The Balaban J connectivity index is 1.99. The van der Waals surface area contributed by atoms with Crippen molar-refractivity contribution in [1.82, 2.24) is 0 Å². The number of hydrogen-bond donors (Lipinski definition) is 5. The fourth-order valence-corrected chi connectivity index (χ4v) is 5.82. The Kier molecular flexibility index (Phi) is 8.04. The van der Waals surface area contributed by atoms with Crippen LogP contribution in [-0.2, 0) is 30.4 Å². The highest BCUT2D eigenvalue weighted by Crippen LogP contribution is 2.46. The third-order valence-corrected chi connectivity index (χ3v) is 8.36. The van der Waals surface area contributed by atoms with E-state index in [2.05, 4.69) is 20.5 Å². The molecule has 0 fully saturated rings. The fraction of sp³-hybridized carbons (Fsp3) is 0.0435. The second-order valence-electron chi connectivity index (χ2n) is 8.68. The van der Waals surface area contributed by atoms with Crippen LogP contribution >= 0.6 is 0 Å². The maximum atomic E-state index is 14.7. The lowest BCUT2D eigenvalue weighted by Crippen LogP contribution is -2.11. The Morgan fingerprint density at radius 3 is 1.84 bits per heavy atom. The first-order chi connectivity index (χ1) is 19.8. The Labute approximate surface area is 241 Å². The van der Waals surface area contributed by atoms with Crippen molar-refractivity contribution >= 4 is 69.6 Å². The Morgan fingerprint density at radius 1 is 0.698 bits per heavy atom. The van der Waals surface area contributed by atoms with Gasteiger partial charge in [0.2, 0.25) is 0 Å². The summed E-state index contributed by atoms with van der Waals surface area (Å²) in [5, 5.41) is 24.9. The molecule has 0 radical (unpaired) electrons.